The second-order valence-corrected chi connectivity index (χ2v) is 4.17. The van der Waals surface area contributed by atoms with E-state index in [2.05, 4.69) is 5.32 Å². The molecule has 1 N–H and O–H groups in total. The second-order valence-electron chi connectivity index (χ2n) is 4.17. The Morgan fingerprint density at radius 2 is 2.20 bits per heavy atom. The molecule has 0 fully saturated rings. The normalized spacial score (nSPS) is 23.6. The molecule has 0 aromatic carbocycles. The van der Waals surface area contributed by atoms with Crippen molar-refractivity contribution in [3.63, 3.8) is 0 Å². The number of carbonyl (C=O) groups excluding carboxylic acids is 1. The fourth-order valence-electron chi connectivity index (χ4n) is 1.49. The van der Waals surface area contributed by atoms with Crippen molar-refractivity contribution in [2.45, 2.75) is 45.1 Å². The topological polar surface area (TPSA) is 29.1 Å². The van der Waals surface area contributed by atoms with Gasteiger partial charge in [-0.2, -0.15) is 0 Å². The monoisotopic (exact) mass is 217 g/mol. The third kappa shape index (κ3) is 3.61. The summed E-state index contributed by atoms with van der Waals surface area (Å²) in [5.41, 5.74) is 0. The Morgan fingerprint density at radius 3 is 2.67 bits per heavy atom. The summed E-state index contributed by atoms with van der Waals surface area (Å²) in [6.45, 7) is 2.15. The quantitative estimate of drug-likeness (QED) is 0.723. The van der Waals surface area contributed by atoms with E-state index in [1.54, 1.807) is 0 Å². The number of hydrogen-bond acceptors (Lipinski definition) is 1. The third-order valence-corrected chi connectivity index (χ3v) is 2.76. The van der Waals surface area contributed by atoms with Crippen LogP contribution in [0.3, 0.4) is 0 Å². The highest BCUT2D eigenvalue weighted by molar-refractivity contribution is 5.79. The molecule has 2 unspecified atom stereocenters. The Morgan fingerprint density at radius 1 is 1.53 bits per heavy atom. The van der Waals surface area contributed by atoms with Crippen molar-refractivity contribution in [2.75, 3.05) is 0 Å². The van der Waals surface area contributed by atoms with E-state index in [1.165, 1.54) is 6.92 Å². The summed E-state index contributed by atoms with van der Waals surface area (Å²) >= 11 is 0. The molecule has 0 heterocycles. The zero-order chi connectivity index (χ0) is 11.5. The molecule has 0 spiro atoms. The molecule has 1 aliphatic rings. The smallest absolute Gasteiger partial charge is 0.264 e. The summed E-state index contributed by atoms with van der Waals surface area (Å²) in [5.74, 6) is -3.26. The standard InChI is InChI=1S/C11H17F2NO/c1-8(11(2,12)13)14-10(15)9-6-4-3-5-7-9/h3-4,8-9H,5-7H2,1-2H3,(H,14,15). The van der Waals surface area contributed by atoms with Crippen LogP contribution in [0.4, 0.5) is 8.78 Å². The van der Waals surface area contributed by atoms with Gasteiger partial charge in [-0.25, -0.2) is 8.78 Å². The van der Waals surface area contributed by atoms with Crippen LogP contribution in [0, 0.1) is 5.92 Å². The van der Waals surface area contributed by atoms with Crippen LogP contribution < -0.4 is 5.32 Å². The largest absolute Gasteiger partial charge is 0.347 e. The van der Waals surface area contributed by atoms with Crippen molar-refractivity contribution in [3.8, 4) is 0 Å². The zero-order valence-electron chi connectivity index (χ0n) is 9.09. The van der Waals surface area contributed by atoms with Crippen LogP contribution in [0.1, 0.15) is 33.1 Å². The summed E-state index contributed by atoms with van der Waals surface area (Å²) in [5, 5.41) is 2.37. The Balaban J connectivity index is 2.45. The average molecular weight is 217 g/mol. The minimum Gasteiger partial charge on any atom is -0.347 e. The van der Waals surface area contributed by atoms with Gasteiger partial charge in [-0.3, -0.25) is 4.79 Å². The van der Waals surface area contributed by atoms with E-state index >= 15 is 0 Å². The molecule has 1 rings (SSSR count). The summed E-state index contributed by atoms with van der Waals surface area (Å²) < 4.78 is 25.6. The maximum atomic E-state index is 12.8. The molecular weight excluding hydrogens is 200 g/mol. The van der Waals surface area contributed by atoms with Crippen molar-refractivity contribution < 1.29 is 13.6 Å². The lowest BCUT2D eigenvalue weighted by atomic mass is 9.93. The molecule has 4 heteroatoms. The predicted molar refractivity (Wildman–Crippen MR) is 54.7 cm³/mol. The minimum absolute atomic E-state index is 0.139. The molecule has 1 aliphatic carbocycles. The van der Waals surface area contributed by atoms with Crippen LogP contribution >= 0.6 is 0 Å². The number of hydrogen-bond donors (Lipinski definition) is 1. The first-order valence-corrected chi connectivity index (χ1v) is 5.24. The van der Waals surface area contributed by atoms with Crippen LogP contribution in [-0.4, -0.2) is 17.9 Å². The second kappa shape index (κ2) is 4.73. The number of alkyl halides is 2. The lowest BCUT2D eigenvalue weighted by molar-refractivity contribution is -0.128. The molecular formula is C11H17F2NO. The lowest BCUT2D eigenvalue weighted by Crippen LogP contribution is -2.46. The minimum atomic E-state index is -2.86. The summed E-state index contributed by atoms with van der Waals surface area (Å²) in [6.07, 6.45) is 6.22. The number of halogens is 2. The SMILES string of the molecule is CC(NC(=O)C1CC=CCC1)C(C)(F)F. The van der Waals surface area contributed by atoms with E-state index in [0.29, 0.717) is 6.42 Å². The van der Waals surface area contributed by atoms with E-state index in [0.717, 1.165) is 19.8 Å². The molecule has 0 aromatic heterocycles. The summed E-state index contributed by atoms with van der Waals surface area (Å²) in [6, 6.07) is -1.10. The maximum Gasteiger partial charge on any atom is 0.264 e. The van der Waals surface area contributed by atoms with Crippen molar-refractivity contribution in [2.24, 2.45) is 5.92 Å². The van der Waals surface area contributed by atoms with Crippen LogP contribution in [-0.2, 0) is 4.79 Å². The molecule has 0 aliphatic heterocycles. The molecule has 86 valence electrons. The molecule has 0 bridgehead atoms. The van der Waals surface area contributed by atoms with Crippen LogP contribution in [0.5, 0.6) is 0 Å². The van der Waals surface area contributed by atoms with Crippen LogP contribution in [0.25, 0.3) is 0 Å². The maximum absolute atomic E-state index is 12.8. The molecule has 0 saturated carbocycles. The molecule has 0 aromatic rings. The van der Waals surface area contributed by atoms with Gasteiger partial charge in [0.05, 0.1) is 6.04 Å². The van der Waals surface area contributed by atoms with E-state index in [1.807, 2.05) is 12.2 Å². The summed E-state index contributed by atoms with van der Waals surface area (Å²) in [7, 11) is 0. The van der Waals surface area contributed by atoms with E-state index in [9.17, 15) is 13.6 Å². The molecule has 15 heavy (non-hydrogen) atoms. The highest BCUT2D eigenvalue weighted by atomic mass is 19.3. The predicted octanol–water partition coefficient (Wildman–Crippen LogP) is 2.50. The number of allylic oxidation sites excluding steroid dienone is 2. The molecule has 2 nitrogen and oxygen atoms in total. The lowest BCUT2D eigenvalue weighted by Gasteiger charge is -2.24. The highest BCUT2D eigenvalue weighted by Gasteiger charge is 2.32. The van der Waals surface area contributed by atoms with Gasteiger partial charge in [0.1, 0.15) is 0 Å². The van der Waals surface area contributed by atoms with Gasteiger partial charge in [-0.1, -0.05) is 12.2 Å². The zero-order valence-corrected chi connectivity index (χ0v) is 9.09. The average Bonchev–Trinajstić information content (AvgIpc) is 2.17. The van der Waals surface area contributed by atoms with E-state index in [-0.39, 0.29) is 11.8 Å². The first-order valence-electron chi connectivity index (χ1n) is 5.24. The van der Waals surface area contributed by atoms with Crippen molar-refractivity contribution >= 4 is 5.91 Å². The number of rotatable bonds is 3. The number of carbonyl (C=O) groups is 1. The van der Waals surface area contributed by atoms with Crippen molar-refractivity contribution in [1.82, 2.24) is 5.32 Å². The van der Waals surface area contributed by atoms with Gasteiger partial charge in [-0.15, -0.1) is 0 Å². The Hall–Kier alpha value is -0.930. The van der Waals surface area contributed by atoms with Gasteiger partial charge in [-0.05, 0) is 26.2 Å². The molecule has 1 amide bonds. The fraction of sp³-hybridized carbons (Fsp3) is 0.727. The van der Waals surface area contributed by atoms with Crippen molar-refractivity contribution in [1.29, 1.82) is 0 Å². The third-order valence-electron chi connectivity index (χ3n) is 2.76. The summed E-state index contributed by atoms with van der Waals surface area (Å²) in [4.78, 5) is 11.6. The van der Waals surface area contributed by atoms with Gasteiger partial charge >= 0.3 is 0 Å². The molecule has 0 radical (unpaired) electrons. The van der Waals surface area contributed by atoms with Crippen LogP contribution in [0.2, 0.25) is 0 Å². The van der Waals surface area contributed by atoms with E-state index in [4.69, 9.17) is 0 Å². The Kier molecular flexibility index (Phi) is 3.83. The van der Waals surface area contributed by atoms with Crippen molar-refractivity contribution in [3.05, 3.63) is 12.2 Å². The first kappa shape index (κ1) is 12.1. The van der Waals surface area contributed by atoms with Gasteiger partial charge in [0.15, 0.2) is 0 Å². The van der Waals surface area contributed by atoms with Gasteiger partial charge in [0.25, 0.3) is 5.92 Å². The highest BCUT2D eigenvalue weighted by Crippen LogP contribution is 2.21. The Bertz CT molecular complexity index is 258. The fourth-order valence-corrected chi connectivity index (χ4v) is 1.49. The van der Waals surface area contributed by atoms with Gasteiger partial charge < -0.3 is 5.32 Å². The molecule has 2 atom stereocenters. The molecule has 0 saturated heterocycles. The Labute approximate surface area is 88.7 Å². The van der Waals surface area contributed by atoms with E-state index < -0.39 is 12.0 Å². The van der Waals surface area contributed by atoms with Gasteiger partial charge in [0.2, 0.25) is 5.91 Å². The first-order chi connectivity index (χ1) is 6.91. The van der Waals surface area contributed by atoms with Gasteiger partial charge in [0, 0.05) is 12.8 Å². The van der Waals surface area contributed by atoms with Crippen LogP contribution in [0.15, 0.2) is 12.2 Å². The number of amides is 1. The number of nitrogens with one attached hydrogen (secondary N) is 1.